The number of nitrogens with zero attached hydrogens (tertiary/aromatic N) is 2. The second-order valence-electron chi connectivity index (χ2n) is 5.17. The molecular weight excluding hydrogens is 296 g/mol. The van der Waals surface area contributed by atoms with Gasteiger partial charge in [-0.3, -0.25) is 4.98 Å². The van der Waals surface area contributed by atoms with Gasteiger partial charge in [-0.15, -0.1) is 0 Å². The molecule has 23 heavy (non-hydrogen) atoms. The lowest BCUT2D eigenvalue weighted by molar-refractivity contribution is 0.511. The van der Waals surface area contributed by atoms with Crippen molar-refractivity contribution in [1.82, 2.24) is 15.0 Å². The van der Waals surface area contributed by atoms with Crippen LogP contribution in [0, 0.1) is 11.6 Å². The molecule has 4 aromatic rings. The van der Waals surface area contributed by atoms with E-state index < -0.39 is 11.6 Å². The van der Waals surface area contributed by atoms with Crippen LogP contribution in [0.3, 0.4) is 0 Å². The van der Waals surface area contributed by atoms with Gasteiger partial charge in [-0.2, -0.15) is 0 Å². The van der Waals surface area contributed by atoms with Crippen LogP contribution in [0.2, 0.25) is 0 Å². The largest absolute Gasteiger partial charge is 0.346 e. The zero-order valence-electron chi connectivity index (χ0n) is 11.9. The second kappa shape index (κ2) is 5.28. The van der Waals surface area contributed by atoms with Crippen LogP contribution in [0.5, 0.6) is 0 Å². The Morgan fingerprint density at radius 1 is 0.913 bits per heavy atom. The van der Waals surface area contributed by atoms with Gasteiger partial charge in [0.15, 0.2) is 11.6 Å². The summed E-state index contributed by atoms with van der Waals surface area (Å²) in [6.45, 7) is 0. The van der Waals surface area contributed by atoms with E-state index in [1.165, 1.54) is 6.07 Å². The van der Waals surface area contributed by atoms with Gasteiger partial charge >= 0.3 is 0 Å². The maximum atomic E-state index is 14.1. The third-order valence-electron chi connectivity index (χ3n) is 3.77. The first-order valence-electron chi connectivity index (χ1n) is 7.06. The molecule has 0 spiro atoms. The SMILES string of the molecule is Fc1cccc(-c2c[nH]c3ncc(-c4cccnc4)cc23)c1F. The van der Waals surface area contributed by atoms with Crippen molar-refractivity contribution in [3.05, 3.63) is 72.8 Å². The predicted molar refractivity (Wildman–Crippen MR) is 84.7 cm³/mol. The Balaban J connectivity index is 1.93. The molecule has 3 nitrogen and oxygen atoms in total. The fraction of sp³-hybridized carbons (Fsp3) is 0. The highest BCUT2D eigenvalue weighted by Crippen LogP contribution is 2.32. The maximum Gasteiger partial charge on any atom is 0.166 e. The van der Waals surface area contributed by atoms with E-state index in [1.807, 2.05) is 18.2 Å². The molecule has 0 bridgehead atoms. The monoisotopic (exact) mass is 307 g/mol. The number of hydrogen-bond donors (Lipinski definition) is 1. The number of benzene rings is 1. The average Bonchev–Trinajstić information content (AvgIpc) is 3.01. The van der Waals surface area contributed by atoms with E-state index in [0.29, 0.717) is 11.2 Å². The minimum atomic E-state index is -0.867. The van der Waals surface area contributed by atoms with Crippen molar-refractivity contribution in [1.29, 1.82) is 0 Å². The maximum absolute atomic E-state index is 14.1. The van der Waals surface area contributed by atoms with Crippen LogP contribution in [0.15, 0.2) is 61.2 Å². The van der Waals surface area contributed by atoms with Gasteiger partial charge in [-0.25, -0.2) is 13.8 Å². The summed E-state index contributed by atoms with van der Waals surface area (Å²) in [4.78, 5) is 11.4. The minimum absolute atomic E-state index is 0.210. The number of aromatic nitrogens is 3. The van der Waals surface area contributed by atoms with E-state index in [9.17, 15) is 8.78 Å². The molecule has 3 aromatic heterocycles. The van der Waals surface area contributed by atoms with Crippen molar-refractivity contribution in [2.75, 3.05) is 0 Å². The summed E-state index contributed by atoms with van der Waals surface area (Å²) in [5.41, 5.74) is 3.19. The Kier molecular flexibility index (Phi) is 3.12. The summed E-state index contributed by atoms with van der Waals surface area (Å²) in [5.74, 6) is -1.73. The third-order valence-corrected chi connectivity index (χ3v) is 3.77. The van der Waals surface area contributed by atoms with Crippen molar-refractivity contribution in [2.45, 2.75) is 0 Å². The Hall–Kier alpha value is -3.08. The first kappa shape index (κ1) is 13.6. The van der Waals surface area contributed by atoms with Gasteiger partial charge < -0.3 is 4.98 Å². The Morgan fingerprint density at radius 3 is 2.65 bits per heavy atom. The number of aromatic amines is 1. The summed E-state index contributed by atoms with van der Waals surface area (Å²) in [7, 11) is 0. The van der Waals surface area contributed by atoms with Gasteiger partial charge in [-0.1, -0.05) is 18.2 Å². The average molecular weight is 307 g/mol. The minimum Gasteiger partial charge on any atom is -0.346 e. The number of hydrogen-bond acceptors (Lipinski definition) is 2. The van der Waals surface area contributed by atoms with Crippen LogP contribution in [-0.4, -0.2) is 15.0 Å². The summed E-state index contributed by atoms with van der Waals surface area (Å²) < 4.78 is 27.6. The summed E-state index contributed by atoms with van der Waals surface area (Å²) >= 11 is 0. The molecule has 0 unspecified atom stereocenters. The molecule has 3 heterocycles. The van der Waals surface area contributed by atoms with Crippen LogP contribution < -0.4 is 0 Å². The van der Waals surface area contributed by atoms with Gasteiger partial charge in [0.2, 0.25) is 0 Å². The van der Waals surface area contributed by atoms with E-state index in [0.717, 1.165) is 22.6 Å². The number of rotatable bonds is 2. The molecule has 112 valence electrons. The Morgan fingerprint density at radius 2 is 1.83 bits per heavy atom. The van der Waals surface area contributed by atoms with E-state index in [1.54, 1.807) is 30.9 Å². The van der Waals surface area contributed by atoms with Crippen molar-refractivity contribution in [3.63, 3.8) is 0 Å². The number of fused-ring (bicyclic) bond motifs is 1. The molecule has 0 radical (unpaired) electrons. The lowest BCUT2D eigenvalue weighted by Crippen LogP contribution is -1.88. The first-order valence-corrected chi connectivity index (χ1v) is 7.06. The molecule has 5 heteroatoms. The molecule has 0 atom stereocenters. The summed E-state index contributed by atoms with van der Waals surface area (Å²) in [5, 5.41) is 0.732. The van der Waals surface area contributed by atoms with Gasteiger partial charge in [0, 0.05) is 52.4 Å². The van der Waals surface area contributed by atoms with Crippen molar-refractivity contribution >= 4 is 11.0 Å². The van der Waals surface area contributed by atoms with Crippen LogP contribution in [0.25, 0.3) is 33.3 Å². The molecule has 0 aliphatic carbocycles. The van der Waals surface area contributed by atoms with Crippen molar-refractivity contribution < 1.29 is 8.78 Å². The summed E-state index contributed by atoms with van der Waals surface area (Å²) in [6, 6.07) is 9.81. The van der Waals surface area contributed by atoms with Gasteiger partial charge in [0.25, 0.3) is 0 Å². The number of H-pyrrole nitrogens is 1. The lowest BCUT2D eigenvalue weighted by atomic mass is 10.0. The molecule has 1 aromatic carbocycles. The van der Waals surface area contributed by atoms with Gasteiger partial charge in [-0.05, 0) is 18.2 Å². The highest BCUT2D eigenvalue weighted by molar-refractivity contribution is 5.95. The first-order chi connectivity index (χ1) is 11.2. The van der Waals surface area contributed by atoms with Crippen molar-refractivity contribution in [3.8, 4) is 22.3 Å². The van der Waals surface area contributed by atoms with E-state index >= 15 is 0 Å². The molecule has 0 aliphatic rings. The third kappa shape index (κ3) is 2.26. The fourth-order valence-corrected chi connectivity index (χ4v) is 2.63. The normalized spacial score (nSPS) is 11.0. The standard InChI is InChI=1S/C18H11F2N3/c19-16-5-1-4-13(17(16)20)15-10-23-18-14(15)7-12(9-22-18)11-3-2-6-21-8-11/h1-10H,(H,22,23). The van der Waals surface area contributed by atoms with E-state index in [2.05, 4.69) is 15.0 Å². The second-order valence-corrected chi connectivity index (χ2v) is 5.17. The molecule has 0 aliphatic heterocycles. The predicted octanol–water partition coefficient (Wildman–Crippen LogP) is 4.57. The van der Waals surface area contributed by atoms with Crippen LogP contribution in [-0.2, 0) is 0 Å². The molecular formula is C18H11F2N3. The fourth-order valence-electron chi connectivity index (χ4n) is 2.63. The van der Waals surface area contributed by atoms with E-state index in [-0.39, 0.29) is 5.56 Å². The molecule has 4 rings (SSSR count). The molecule has 0 saturated carbocycles. The zero-order chi connectivity index (χ0) is 15.8. The number of nitrogens with one attached hydrogen (secondary N) is 1. The van der Waals surface area contributed by atoms with Gasteiger partial charge in [0.05, 0.1) is 0 Å². The molecule has 0 saturated heterocycles. The van der Waals surface area contributed by atoms with Crippen molar-refractivity contribution in [2.24, 2.45) is 0 Å². The summed E-state index contributed by atoms with van der Waals surface area (Å²) in [6.07, 6.45) is 6.79. The molecule has 0 amide bonds. The number of pyridine rings is 2. The zero-order valence-corrected chi connectivity index (χ0v) is 11.9. The Bertz CT molecular complexity index is 994. The van der Waals surface area contributed by atoms with Crippen LogP contribution >= 0.6 is 0 Å². The van der Waals surface area contributed by atoms with Crippen LogP contribution in [0.4, 0.5) is 8.78 Å². The topological polar surface area (TPSA) is 41.6 Å². The Labute approximate surface area is 130 Å². The highest BCUT2D eigenvalue weighted by atomic mass is 19.2. The molecule has 1 N–H and O–H groups in total. The highest BCUT2D eigenvalue weighted by Gasteiger charge is 2.14. The number of halogens is 2. The smallest absolute Gasteiger partial charge is 0.166 e. The quantitative estimate of drug-likeness (QED) is 0.589. The van der Waals surface area contributed by atoms with Gasteiger partial charge in [0.1, 0.15) is 5.65 Å². The molecule has 0 fully saturated rings. The van der Waals surface area contributed by atoms with E-state index in [4.69, 9.17) is 0 Å². The lowest BCUT2D eigenvalue weighted by Gasteiger charge is -2.04. The van der Waals surface area contributed by atoms with Crippen LogP contribution in [0.1, 0.15) is 0 Å².